The molecule has 0 spiro atoms. The highest BCUT2D eigenvalue weighted by Gasteiger charge is 2.17. The Morgan fingerprint density at radius 3 is 2.69 bits per heavy atom. The van der Waals surface area contributed by atoms with E-state index in [1.165, 1.54) is 19.3 Å². The third-order valence-electron chi connectivity index (χ3n) is 4.63. The number of ether oxygens (including phenoxy) is 2. The van der Waals surface area contributed by atoms with Crippen LogP contribution < -0.4 is 20.1 Å². The second-order valence-corrected chi connectivity index (χ2v) is 6.56. The van der Waals surface area contributed by atoms with Crippen LogP contribution in [-0.4, -0.2) is 35.1 Å². The Morgan fingerprint density at radius 1 is 1.04 bits per heavy atom. The number of anilines is 2. The third-order valence-corrected chi connectivity index (χ3v) is 4.63. The van der Waals surface area contributed by atoms with Crippen LogP contribution in [0.3, 0.4) is 0 Å². The smallest absolute Gasteiger partial charge is 0.274 e. The summed E-state index contributed by atoms with van der Waals surface area (Å²) in [7, 11) is 0. The average molecular weight is 354 g/mol. The lowest BCUT2D eigenvalue weighted by Crippen LogP contribution is -2.24. The van der Waals surface area contributed by atoms with Crippen molar-refractivity contribution in [2.45, 2.75) is 38.1 Å². The Labute approximate surface area is 152 Å². The van der Waals surface area contributed by atoms with Gasteiger partial charge in [-0.25, -0.2) is 9.97 Å². The molecule has 1 amide bonds. The van der Waals surface area contributed by atoms with Crippen LogP contribution in [0.15, 0.2) is 30.5 Å². The predicted molar refractivity (Wildman–Crippen MR) is 97.9 cm³/mol. The highest BCUT2D eigenvalue weighted by molar-refractivity contribution is 6.03. The number of nitrogens with one attached hydrogen (secondary N) is 2. The van der Waals surface area contributed by atoms with Crippen LogP contribution in [0.1, 0.15) is 42.6 Å². The molecular formula is C19H22N4O3. The topological polar surface area (TPSA) is 85.4 Å². The maximum Gasteiger partial charge on any atom is 0.274 e. The molecule has 2 aliphatic rings. The van der Waals surface area contributed by atoms with Crippen molar-refractivity contribution in [1.82, 2.24) is 9.97 Å². The van der Waals surface area contributed by atoms with Crippen molar-refractivity contribution in [3.05, 3.63) is 36.2 Å². The van der Waals surface area contributed by atoms with E-state index in [4.69, 9.17) is 9.47 Å². The molecule has 4 rings (SSSR count). The van der Waals surface area contributed by atoms with Gasteiger partial charge in [-0.2, -0.15) is 0 Å². The van der Waals surface area contributed by atoms with Gasteiger partial charge in [0.1, 0.15) is 18.9 Å². The minimum Gasteiger partial charge on any atom is -0.486 e. The Hall–Kier alpha value is -2.83. The van der Waals surface area contributed by atoms with Crippen LogP contribution in [0, 0.1) is 0 Å². The van der Waals surface area contributed by atoms with Crippen LogP contribution in [0.25, 0.3) is 0 Å². The van der Waals surface area contributed by atoms with E-state index >= 15 is 0 Å². The first kappa shape index (κ1) is 16.6. The van der Waals surface area contributed by atoms with Gasteiger partial charge in [0.25, 0.3) is 5.91 Å². The molecule has 1 fully saturated rings. The fraction of sp³-hybridized carbons (Fsp3) is 0.421. The van der Waals surface area contributed by atoms with E-state index in [-0.39, 0.29) is 5.91 Å². The Balaban J connectivity index is 1.43. The van der Waals surface area contributed by atoms with E-state index in [1.807, 2.05) is 0 Å². The summed E-state index contributed by atoms with van der Waals surface area (Å²) in [6.07, 6.45) is 7.59. The predicted octanol–water partition coefficient (Wildman–Crippen LogP) is 3.24. The zero-order chi connectivity index (χ0) is 17.8. The fourth-order valence-corrected chi connectivity index (χ4v) is 3.30. The van der Waals surface area contributed by atoms with Crippen LogP contribution in [0.5, 0.6) is 11.5 Å². The van der Waals surface area contributed by atoms with Crippen LogP contribution in [-0.2, 0) is 0 Å². The standard InChI is InChI=1S/C19H22N4O3/c24-18(21-14-6-7-16-17(12-14)26-11-10-25-16)15-8-9-20-19(23-15)22-13-4-2-1-3-5-13/h6-9,12-13H,1-5,10-11H2,(H,21,24)(H,20,22,23). The minimum absolute atomic E-state index is 0.282. The number of carbonyl (C=O) groups is 1. The zero-order valence-electron chi connectivity index (χ0n) is 14.5. The molecule has 7 heteroatoms. The van der Waals surface area contributed by atoms with E-state index in [0.717, 1.165) is 12.8 Å². The van der Waals surface area contributed by atoms with Gasteiger partial charge in [0, 0.05) is 24.0 Å². The maximum absolute atomic E-state index is 12.5. The molecule has 1 aliphatic heterocycles. The Morgan fingerprint density at radius 2 is 1.85 bits per heavy atom. The number of benzene rings is 1. The molecule has 1 aliphatic carbocycles. The van der Waals surface area contributed by atoms with Gasteiger partial charge in [-0.05, 0) is 31.0 Å². The lowest BCUT2D eigenvalue weighted by atomic mass is 9.96. The first-order valence-corrected chi connectivity index (χ1v) is 9.08. The van der Waals surface area contributed by atoms with Crippen LogP contribution in [0.2, 0.25) is 0 Å². The van der Waals surface area contributed by atoms with Crippen molar-refractivity contribution < 1.29 is 14.3 Å². The second-order valence-electron chi connectivity index (χ2n) is 6.56. The molecule has 0 radical (unpaired) electrons. The molecule has 0 saturated heterocycles. The molecule has 1 aromatic carbocycles. The van der Waals surface area contributed by atoms with Gasteiger partial charge < -0.3 is 20.1 Å². The van der Waals surface area contributed by atoms with Crippen molar-refractivity contribution >= 4 is 17.5 Å². The molecule has 1 saturated carbocycles. The van der Waals surface area contributed by atoms with Crippen molar-refractivity contribution in [1.29, 1.82) is 0 Å². The van der Waals surface area contributed by atoms with Gasteiger partial charge in [0.15, 0.2) is 11.5 Å². The van der Waals surface area contributed by atoms with Gasteiger partial charge in [0.2, 0.25) is 5.95 Å². The summed E-state index contributed by atoms with van der Waals surface area (Å²) < 4.78 is 11.0. The largest absolute Gasteiger partial charge is 0.486 e. The number of hydrogen-bond donors (Lipinski definition) is 2. The van der Waals surface area contributed by atoms with Gasteiger partial charge in [-0.15, -0.1) is 0 Å². The third kappa shape index (κ3) is 3.87. The second kappa shape index (κ2) is 7.59. The SMILES string of the molecule is O=C(Nc1ccc2c(c1)OCCO2)c1ccnc(NC2CCCCC2)n1. The number of amides is 1. The summed E-state index contributed by atoms with van der Waals surface area (Å²) in [5.41, 5.74) is 0.966. The summed E-state index contributed by atoms with van der Waals surface area (Å²) >= 11 is 0. The highest BCUT2D eigenvalue weighted by Crippen LogP contribution is 2.32. The first-order chi connectivity index (χ1) is 12.8. The van der Waals surface area contributed by atoms with Crippen LogP contribution in [0.4, 0.5) is 11.6 Å². The molecular weight excluding hydrogens is 332 g/mol. The molecule has 0 atom stereocenters. The molecule has 136 valence electrons. The normalized spacial score (nSPS) is 16.8. The summed E-state index contributed by atoms with van der Waals surface area (Å²) in [6.45, 7) is 1.04. The molecule has 0 unspecified atom stereocenters. The van der Waals surface area contributed by atoms with E-state index in [0.29, 0.717) is 48.1 Å². The number of hydrogen-bond acceptors (Lipinski definition) is 6. The molecule has 2 N–H and O–H groups in total. The summed E-state index contributed by atoms with van der Waals surface area (Å²) in [5, 5.41) is 6.19. The summed E-state index contributed by atoms with van der Waals surface area (Å²) in [6, 6.07) is 7.34. The quantitative estimate of drug-likeness (QED) is 0.877. The fourth-order valence-electron chi connectivity index (χ4n) is 3.30. The summed E-state index contributed by atoms with van der Waals surface area (Å²) in [4.78, 5) is 21.1. The average Bonchev–Trinajstić information content (AvgIpc) is 2.69. The van der Waals surface area contributed by atoms with Gasteiger partial charge in [-0.1, -0.05) is 19.3 Å². The van der Waals surface area contributed by atoms with Crippen LogP contribution >= 0.6 is 0 Å². The zero-order valence-corrected chi connectivity index (χ0v) is 14.5. The van der Waals surface area contributed by atoms with Crippen molar-refractivity contribution in [2.75, 3.05) is 23.8 Å². The van der Waals surface area contributed by atoms with Gasteiger partial charge >= 0.3 is 0 Å². The number of fused-ring (bicyclic) bond motifs is 1. The minimum atomic E-state index is -0.282. The summed E-state index contributed by atoms with van der Waals surface area (Å²) in [5.74, 6) is 1.55. The van der Waals surface area contributed by atoms with Crippen molar-refractivity contribution in [3.8, 4) is 11.5 Å². The first-order valence-electron chi connectivity index (χ1n) is 9.08. The highest BCUT2D eigenvalue weighted by atomic mass is 16.6. The monoisotopic (exact) mass is 354 g/mol. The molecule has 0 bridgehead atoms. The van der Waals surface area contributed by atoms with E-state index in [1.54, 1.807) is 30.5 Å². The van der Waals surface area contributed by atoms with Crippen molar-refractivity contribution in [3.63, 3.8) is 0 Å². The lowest BCUT2D eigenvalue weighted by Gasteiger charge is -2.22. The molecule has 26 heavy (non-hydrogen) atoms. The Kier molecular flexibility index (Phi) is 4.86. The van der Waals surface area contributed by atoms with E-state index in [2.05, 4.69) is 20.6 Å². The number of aromatic nitrogens is 2. The number of nitrogens with zero attached hydrogens (tertiary/aromatic N) is 2. The number of rotatable bonds is 4. The van der Waals surface area contributed by atoms with E-state index < -0.39 is 0 Å². The molecule has 1 aromatic heterocycles. The Bertz CT molecular complexity index is 790. The molecule has 7 nitrogen and oxygen atoms in total. The van der Waals surface area contributed by atoms with Gasteiger partial charge in [0.05, 0.1) is 0 Å². The lowest BCUT2D eigenvalue weighted by molar-refractivity contribution is 0.102. The molecule has 2 heterocycles. The van der Waals surface area contributed by atoms with Gasteiger partial charge in [-0.3, -0.25) is 4.79 Å². The van der Waals surface area contributed by atoms with Crippen molar-refractivity contribution in [2.24, 2.45) is 0 Å². The maximum atomic E-state index is 12.5. The molecule has 2 aromatic rings. The number of carbonyl (C=O) groups excluding carboxylic acids is 1. The van der Waals surface area contributed by atoms with E-state index in [9.17, 15) is 4.79 Å².